The summed E-state index contributed by atoms with van der Waals surface area (Å²) in [6, 6.07) is 4.08. The van der Waals surface area contributed by atoms with Crippen LogP contribution in [0.4, 0.5) is 0 Å². The first-order valence-electron chi connectivity index (χ1n) is 6.02. The third-order valence-electron chi connectivity index (χ3n) is 3.25. The fourth-order valence-electron chi connectivity index (χ4n) is 1.94. The Labute approximate surface area is 107 Å². The average molecular weight is 250 g/mol. The number of ether oxygens (including phenoxy) is 2. The van der Waals surface area contributed by atoms with Crippen LogP contribution < -0.4 is 5.32 Å². The lowest BCUT2D eigenvalue weighted by atomic mass is 9.89. The van der Waals surface area contributed by atoms with E-state index in [-0.39, 0.29) is 5.97 Å². The summed E-state index contributed by atoms with van der Waals surface area (Å²) in [6.07, 6.45) is 4.05. The standard InChI is InChI=1S/C13H18N2O3/c1-17-12-5-11(6-12)15-8-10-4-3-9(7-14-10)13(16)18-2/h3-4,7,11-12,15H,5-6,8H2,1-2H3. The zero-order valence-electron chi connectivity index (χ0n) is 10.7. The van der Waals surface area contributed by atoms with Crippen molar-refractivity contribution in [2.75, 3.05) is 14.2 Å². The van der Waals surface area contributed by atoms with Gasteiger partial charge in [0.15, 0.2) is 0 Å². The lowest BCUT2D eigenvalue weighted by Gasteiger charge is -2.34. The molecule has 5 heteroatoms. The SMILES string of the molecule is COC(=O)c1ccc(CNC2CC(OC)C2)nc1. The molecule has 1 aromatic heterocycles. The zero-order chi connectivity index (χ0) is 13.0. The minimum absolute atomic E-state index is 0.357. The van der Waals surface area contributed by atoms with E-state index < -0.39 is 0 Å². The predicted molar refractivity (Wildman–Crippen MR) is 66.2 cm³/mol. The molecule has 0 unspecified atom stereocenters. The second kappa shape index (κ2) is 5.93. The van der Waals surface area contributed by atoms with Crippen LogP contribution in [0.3, 0.4) is 0 Å². The van der Waals surface area contributed by atoms with Gasteiger partial charge in [-0.1, -0.05) is 0 Å². The van der Waals surface area contributed by atoms with Crippen LogP contribution in [0.25, 0.3) is 0 Å². The first kappa shape index (κ1) is 13.0. The van der Waals surface area contributed by atoms with Crippen LogP contribution in [0.2, 0.25) is 0 Å². The Morgan fingerprint density at radius 1 is 1.44 bits per heavy atom. The van der Waals surface area contributed by atoms with Crippen molar-refractivity contribution >= 4 is 5.97 Å². The topological polar surface area (TPSA) is 60.5 Å². The monoisotopic (exact) mass is 250 g/mol. The fourth-order valence-corrected chi connectivity index (χ4v) is 1.94. The molecule has 0 aliphatic heterocycles. The smallest absolute Gasteiger partial charge is 0.339 e. The van der Waals surface area contributed by atoms with Gasteiger partial charge in [-0.05, 0) is 25.0 Å². The van der Waals surface area contributed by atoms with E-state index in [1.165, 1.54) is 7.11 Å². The number of hydrogen-bond acceptors (Lipinski definition) is 5. The van der Waals surface area contributed by atoms with Crippen LogP contribution in [0.5, 0.6) is 0 Å². The molecule has 0 saturated heterocycles. The Kier molecular flexibility index (Phi) is 4.28. The predicted octanol–water partition coefficient (Wildman–Crippen LogP) is 1.14. The normalized spacial score (nSPS) is 22.3. The van der Waals surface area contributed by atoms with Crippen LogP contribution in [0, 0.1) is 0 Å². The molecule has 1 fully saturated rings. The molecule has 0 amide bonds. The number of rotatable bonds is 5. The molecule has 0 spiro atoms. The maximum absolute atomic E-state index is 11.2. The van der Waals surface area contributed by atoms with Crippen molar-refractivity contribution in [3.8, 4) is 0 Å². The van der Waals surface area contributed by atoms with Crippen LogP contribution in [-0.2, 0) is 16.0 Å². The number of esters is 1. The fraction of sp³-hybridized carbons (Fsp3) is 0.538. The number of hydrogen-bond donors (Lipinski definition) is 1. The molecular formula is C13H18N2O3. The maximum atomic E-state index is 11.2. The van der Waals surface area contributed by atoms with Crippen molar-refractivity contribution in [2.24, 2.45) is 0 Å². The number of carbonyl (C=O) groups excluding carboxylic acids is 1. The van der Waals surface area contributed by atoms with Gasteiger partial charge in [0, 0.05) is 25.9 Å². The molecule has 1 aliphatic rings. The summed E-state index contributed by atoms with van der Waals surface area (Å²) in [5.41, 5.74) is 1.40. The highest BCUT2D eigenvalue weighted by Gasteiger charge is 2.28. The number of nitrogens with zero attached hydrogens (tertiary/aromatic N) is 1. The van der Waals surface area contributed by atoms with E-state index in [1.807, 2.05) is 6.07 Å². The van der Waals surface area contributed by atoms with Gasteiger partial charge in [0.2, 0.25) is 0 Å². The van der Waals surface area contributed by atoms with Crippen LogP contribution in [-0.4, -0.2) is 37.3 Å². The molecule has 18 heavy (non-hydrogen) atoms. The second-order valence-corrected chi connectivity index (χ2v) is 4.44. The highest BCUT2D eigenvalue weighted by Crippen LogP contribution is 2.22. The van der Waals surface area contributed by atoms with Gasteiger partial charge in [-0.3, -0.25) is 4.98 Å². The maximum Gasteiger partial charge on any atom is 0.339 e. The number of aromatic nitrogens is 1. The highest BCUT2D eigenvalue weighted by atomic mass is 16.5. The van der Waals surface area contributed by atoms with Gasteiger partial charge in [0.25, 0.3) is 0 Å². The quantitative estimate of drug-likeness (QED) is 0.794. The molecule has 1 N–H and O–H groups in total. The number of nitrogens with one attached hydrogen (secondary N) is 1. The van der Waals surface area contributed by atoms with Gasteiger partial charge >= 0.3 is 5.97 Å². The molecule has 1 aromatic rings. The van der Waals surface area contributed by atoms with Gasteiger partial charge in [-0.25, -0.2) is 4.79 Å². The van der Waals surface area contributed by atoms with E-state index in [0.717, 1.165) is 18.5 Å². The van der Waals surface area contributed by atoms with Crippen molar-refractivity contribution in [3.05, 3.63) is 29.6 Å². The summed E-state index contributed by atoms with van der Waals surface area (Å²) in [5.74, 6) is -0.357. The number of carbonyl (C=O) groups is 1. The first-order valence-corrected chi connectivity index (χ1v) is 6.02. The van der Waals surface area contributed by atoms with Gasteiger partial charge in [0.1, 0.15) is 0 Å². The van der Waals surface area contributed by atoms with E-state index >= 15 is 0 Å². The summed E-state index contributed by atoms with van der Waals surface area (Å²) in [7, 11) is 3.11. The Hall–Kier alpha value is -1.46. The summed E-state index contributed by atoms with van der Waals surface area (Å²) in [6.45, 7) is 0.711. The molecule has 1 heterocycles. The van der Waals surface area contributed by atoms with Crippen LogP contribution in [0.15, 0.2) is 18.3 Å². The lowest BCUT2D eigenvalue weighted by Crippen LogP contribution is -2.44. The summed E-state index contributed by atoms with van der Waals surface area (Å²) in [5, 5.41) is 3.40. The molecule has 0 aromatic carbocycles. The molecule has 5 nitrogen and oxygen atoms in total. The van der Waals surface area contributed by atoms with E-state index in [2.05, 4.69) is 15.0 Å². The van der Waals surface area contributed by atoms with Gasteiger partial charge < -0.3 is 14.8 Å². The Morgan fingerprint density at radius 3 is 2.78 bits per heavy atom. The van der Waals surface area contributed by atoms with E-state index in [1.54, 1.807) is 19.4 Å². The van der Waals surface area contributed by atoms with E-state index in [0.29, 0.717) is 24.3 Å². The second-order valence-electron chi connectivity index (χ2n) is 4.44. The van der Waals surface area contributed by atoms with E-state index in [9.17, 15) is 4.79 Å². The summed E-state index contributed by atoms with van der Waals surface area (Å²) >= 11 is 0. The van der Waals surface area contributed by atoms with E-state index in [4.69, 9.17) is 4.74 Å². The number of methoxy groups -OCH3 is 2. The number of pyridine rings is 1. The Bertz CT molecular complexity index is 399. The molecule has 0 radical (unpaired) electrons. The minimum atomic E-state index is -0.357. The first-order chi connectivity index (χ1) is 8.72. The third-order valence-corrected chi connectivity index (χ3v) is 3.25. The molecule has 2 rings (SSSR count). The summed E-state index contributed by atoms with van der Waals surface area (Å²) in [4.78, 5) is 15.4. The van der Waals surface area contributed by atoms with Crippen molar-refractivity contribution in [2.45, 2.75) is 31.5 Å². The third kappa shape index (κ3) is 3.05. The largest absolute Gasteiger partial charge is 0.465 e. The molecule has 1 aliphatic carbocycles. The van der Waals surface area contributed by atoms with Gasteiger partial charge in [0.05, 0.1) is 24.5 Å². The van der Waals surface area contributed by atoms with Crippen LogP contribution in [0.1, 0.15) is 28.9 Å². The van der Waals surface area contributed by atoms with Gasteiger partial charge in [-0.2, -0.15) is 0 Å². The van der Waals surface area contributed by atoms with Crippen molar-refractivity contribution in [1.82, 2.24) is 10.3 Å². The molecular weight excluding hydrogens is 232 g/mol. The lowest BCUT2D eigenvalue weighted by molar-refractivity contribution is 0.0169. The molecule has 1 saturated carbocycles. The average Bonchev–Trinajstić information content (AvgIpc) is 2.37. The Morgan fingerprint density at radius 2 is 2.22 bits per heavy atom. The van der Waals surface area contributed by atoms with Gasteiger partial charge in [-0.15, -0.1) is 0 Å². The minimum Gasteiger partial charge on any atom is -0.465 e. The molecule has 0 bridgehead atoms. The van der Waals surface area contributed by atoms with Crippen molar-refractivity contribution < 1.29 is 14.3 Å². The Balaban J connectivity index is 1.78. The van der Waals surface area contributed by atoms with Crippen LogP contribution >= 0.6 is 0 Å². The highest BCUT2D eigenvalue weighted by molar-refractivity contribution is 5.88. The molecule has 98 valence electrons. The van der Waals surface area contributed by atoms with Crippen molar-refractivity contribution in [3.63, 3.8) is 0 Å². The zero-order valence-corrected chi connectivity index (χ0v) is 10.7. The molecule has 0 atom stereocenters. The summed E-state index contributed by atoms with van der Waals surface area (Å²) < 4.78 is 9.83. The van der Waals surface area contributed by atoms with Crippen molar-refractivity contribution in [1.29, 1.82) is 0 Å².